The van der Waals surface area contributed by atoms with Crippen LogP contribution in [0, 0.1) is 18.3 Å². The predicted molar refractivity (Wildman–Crippen MR) is 48.1 cm³/mol. The number of rotatable bonds is 0. The summed E-state index contributed by atoms with van der Waals surface area (Å²) in [6, 6.07) is 0. The third kappa shape index (κ3) is 1.98. The maximum absolute atomic E-state index is 10.9. The Kier molecular flexibility index (Phi) is 2.63. The molecule has 1 fully saturated rings. The Morgan fingerprint density at radius 2 is 2.45 bits per heavy atom. The Labute approximate surface area is 73.1 Å². The topological polar surface area (TPSA) is 26.3 Å². The van der Waals surface area contributed by atoms with Crippen LogP contribution in [0.2, 0.25) is 0 Å². The van der Waals surface area contributed by atoms with Crippen LogP contribution in [-0.2, 0) is 14.3 Å². The molecule has 1 saturated heterocycles. The molecule has 62 valence electrons. The molecule has 0 aromatic rings. The molecule has 1 aliphatic heterocycles. The Hall–Kier alpha value is 0.0200. The van der Waals surface area contributed by atoms with E-state index in [1.54, 1.807) is 0 Å². The van der Waals surface area contributed by atoms with Gasteiger partial charge in [0.2, 0.25) is 10.1 Å². The number of hydrogen-bond acceptors (Lipinski definition) is 3. The van der Waals surface area contributed by atoms with Crippen molar-refractivity contribution in [3.05, 3.63) is 0 Å². The average molecular weight is 190 g/mol. The fourth-order valence-electron chi connectivity index (χ4n) is 0.831. The van der Waals surface area contributed by atoms with Crippen molar-refractivity contribution in [2.75, 3.05) is 5.75 Å². The van der Waals surface area contributed by atoms with Crippen LogP contribution in [0.3, 0.4) is 0 Å². The van der Waals surface area contributed by atoms with Crippen LogP contribution in [0.25, 0.3) is 0 Å². The van der Waals surface area contributed by atoms with Crippen molar-refractivity contribution in [1.82, 2.24) is 0 Å². The molecule has 2 nitrogen and oxygen atoms in total. The molecule has 0 radical (unpaired) electrons. The third-order valence-corrected chi connectivity index (χ3v) is 4.07. The lowest BCUT2D eigenvalue weighted by atomic mass is 9.94. The van der Waals surface area contributed by atoms with Crippen LogP contribution in [0.4, 0.5) is 0 Å². The zero-order chi connectivity index (χ0) is 8.48. The minimum Gasteiger partial charge on any atom is -0.275 e. The van der Waals surface area contributed by atoms with E-state index >= 15 is 0 Å². The minimum atomic E-state index is -1.21. The SMILES string of the molecule is C#CC1CSS(=O)OC1(C)C. The van der Waals surface area contributed by atoms with E-state index in [0.717, 1.165) is 5.75 Å². The number of terminal acetylenes is 1. The first-order chi connectivity index (χ1) is 5.06. The standard InChI is InChI=1S/C7H10O2S2/c1-4-6-5-10-11(8)9-7(6,2)3/h1,6H,5H2,2-3H3. The molecule has 1 aliphatic rings. The quantitative estimate of drug-likeness (QED) is 0.426. The first-order valence-corrected chi connectivity index (χ1v) is 5.84. The van der Waals surface area contributed by atoms with Gasteiger partial charge in [-0.1, -0.05) is 5.92 Å². The van der Waals surface area contributed by atoms with Crippen LogP contribution >= 0.6 is 10.8 Å². The summed E-state index contributed by atoms with van der Waals surface area (Å²) in [7, 11) is 0.0497. The molecule has 0 spiro atoms. The molecule has 2 atom stereocenters. The van der Waals surface area contributed by atoms with Gasteiger partial charge in [-0.2, -0.15) is 0 Å². The Morgan fingerprint density at radius 3 is 2.91 bits per heavy atom. The molecular weight excluding hydrogens is 180 g/mol. The van der Waals surface area contributed by atoms with E-state index in [9.17, 15) is 4.21 Å². The summed E-state index contributed by atoms with van der Waals surface area (Å²) in [5.74, 6) is 3.41. The zero-order valence-corrected chi connectivity index (χ0v) is 8.13. The highest BCUT2D eigenvalue weighted by Crippen LogP contribution is 2.34. The second-order valence-corrected chi connectivity index (χ2v) is 5.56. The summed E-state index contributed by atoms with van der Waals surface area (Å²) in [5, 5.41) is 0. The van der Waals surface area contributed by atoms with Crippen molar-refractivity contribution < 1.29 is 8.39 Å². The molecule has 4 heteroatoms. The van der Waals surface area contributed by atoms with Crippen LogP contribution in [-0.4, -0.2) is 15.6 Å². The smallest absolute Gasteiger partial charge is 0.219 e. The second-order valence-electron chi connectivity index (χ2n) is 2.89. The Balaban J connectivity index is 2.73. The van der Waals surface area contributed by atoms with Gasteiger partial charge in [-0.05, 0) is 24.6 Å². The van der Waals surface area contributed by atoms with Gasteiger partial charge in [-0.3, -0.25) is 4.18 Å². The maximum Gasteiger partial charge on any atom is 0.219 e. The summed E-state index contributed by atoms with van der Waals surface area (Å²) < 4.78 is 16.1. The van der Waals surface area contributed by atoms with Gasteiger partial charge in [0.15, 0.2) is 0 Å². The lowest BCUT2D eigenvalue weighted by Crippen LogP contribution is -2.38. The molecule has 1 rings (SSSR count). The van der Waals surface area contributed by atoms with E-state index < -0.39 is 15.7 Å². The molecule has 0 amide bonds. The van der Waals surface area contributed by atoms with E-state index in [1.165, 1.54) is 10.8 Å². The lowest BCUT2D eigenvalue weighted by Gasteiger charge is -2.33. The van der Waals surface area contributed by atoms with Gasteiger partial charge in [0.25, 0.3) is 0 Å². The molecular formula is C7H10O2S2. The first-order valence-electron chi connectivity index (χ1n) is 3.27. The molecule has 0 bridgehead atoms. The van der Waals surface area contributed by atoms with Gasteiger partial charge in [0.1, 0.15) is 0 Å². The van der Waals surface area contributed by atoms with Crippen molar-refractivity contribution in [3.63, 3.8) is 0 Å². The molecule has 11 heavy (non-hydrogen) atoms. The fraction of sp³-hybridized carbons (Fsp3) is 0.714. The Bertz CT molecular complexity index is 217. The maximum atomic E-state index is 10.9. The van der Waals surface area contributed by atoms with Gasteiger partial charge < -0.3 is 0 Å². The molecule has 0 saturated carbocycles. The van der Waals surface area contributed by atoms with Crippen molar-refractivity contribution >= 4 is 20.9 Å². The molecule has 0 N–H and O–H groups in total. The first kappa shape index (κ1) is 9.11. The van der Waals surface area contributed by atoms with Gasteiger partial charge >= 0.3 is 0 Å². The highest BCUT2D eigenvalue weighted by Gasteiger charge is 2.36. The number of hydrogen-bond donors (Lipinski definition) is 0. The predicted octanol–water partition coefficient (Wildman–Crippen LogP) is 1.36. The molecule has 2 unspecified atom stereocenters. The molecule has 1 heterocycles. The summed E-state index contributed by atoms with van der Waals surface area (Å²) in [6.07, 6.45) is 5.28. The lowest BCUT2D eigenvalue weighted by molar-refractivity contribution is 0.0952. The van der Waals surface area contributed by atoms with Gasteiger partial charge in [0.05, 0.1) is 11.5 Å². The van der Waals surface area contributed by atoms with E-state index in [-0.39, 0.29) is 5.92 Å². The molecule has 0 aromatic carbocycles. The van der Waals surface area contributed by atoms with Crippen LogP contribution in [0.15, 0.2) is 0 Å². The van der Waals surface area contributed by atoms with Gasteiger partial charge in [-0.25, -0.2) is 4.21 Å². The zero-order valence-electron chi connectivity index (χ0n) is 6.49. The summed E-state index contributed by atoms with van der Waals surface area (Å²) in [4.78, 5) is 0. The molecule has 0 aliphatic carbocycles. The van der Waals surface area contributed by atoms with Crippen molar-refractivity contribution in [1.29, 1.82) is 0 Å². The molecule has 0 aromatic heterocycles. The minimum absolute atomic E-state index is 0.0604. The third-order valence-electron chi connectivity index (χ3n) is 1.65. The highest BCUT2D eigenvalue weighted by molar-refractivity contribution is 8.67. The summed E-state index contributed by atoms with van der Waals surface area (Å²) in [6.45, 7) is 3.74. The largest absolute Gasteiger partial charge is 0.275 e. The van der Waals surface area contributed by atoms with Gasteiger partial charge in [0, 0.05) is 5.75 Å². The van der Waals surface area contributed by atoms with Crippen molar-refractivity contribution in [3.8, 4) is 12.3 Å². The van der Waals surface area contributed by atoms with Gasteiger partial charge in [-0.15, -0.1) is 6.42 Å². The second kappa shape index (κ2) is 3.18. The van der Waals surface area contributed by atoms with Crippen LogP contribution < -0.4 is 0 Å². The highest BCUT2D eigenvalue weighted by atomic mass is 33.1. The normalized spacial score (nSPS) is 36.1. The van der Waals surface area contributed by atoms with Crippen LogP contribution in [0.5, 0.6) is 0 Å². The van der Waals surface area contributed by atoms with E-state index in [1.807, 2.05) is 13.8 Å². The van der Waals surface area contributed by atoms with E-state index in [4.69, 9.17) is 10.6 Å². The van der Waals surface area contributed by atoms with Crippen molar-refractivity contribution in [2.24, 2.45) is 5.92 Å². The van der Waals surface area contributed by atoms with E-state index in [0.29, 0.717) is 0 Å². The van der Waals surface area contributed by atoms with Crippen LogP contribution in [0.1, 0.15) is 13.8 Å². The average Bonchev–Trinajstić information content (AvgIpc) is 1.85. The van der Waals surface area contributed by atoms with E-state index in [2.05, 4.69) is 5.92 Å². The van der Waals surface area contributed by atoms with Crippen molar-refractivity contribution in [2.45, 2.75) is 19.4 Å². The Morgan fingerprint density at radius 1 is 1.82 bits per heavy atom. The summed E-state index contributed by atoms with van der Waals surface area (Å²) in [5.41, 5.74) is -0.440. The fourth-order valence-corrected chi connectivity index (χ4v) is 3.50. The monoisotopic (exact) mass is 190 g/mol. The summed E-state index contributed by atoms with van der Waals surface area (Å²) >= 11 is 0.